The molecule has 1 rings (SSSR count). The average Bonchev–Trinajstić information content (AvgIpc) is 3.12. The molecule has 2 atom stereocenters. The molecule has 1 aliphatic rings. The molecule has 0 saturated carbocycles. The van der Waals surface area contributed by atoms with Crippen LogP contribution in [-0.2, 0) is 9.53 Å². The maximum atomic E-state index is 13.2. The Kier molecular flexibility index (Phi) is 17.4. The summed E-state index contributed by atoms with van der Waals surface area (Å²) in [4.78, 5) is 17.8. The van der Waals surface area contributed by atoms with Crippen molar-refractivity contribution in [2.24, 2.45) is 16.8 Å². The topological polar surface area (TPSA) is 50.7 Å². The molecule has 0 aromatic rings. The number of rotatable bonds is 19. The zero-order valence-corrected chi connectivity index (χ0v) is 29.0. The largest absolute Gasteiger partial charge is 0.370 e. The first-order valence-electron chi connectivity index (χ1n) is 15.5. The van der Waals surface area contributed by atoms with Crippen molar-refractivity contribution in [1.29, 1.82) is 0 Å². The number of ketones is 1. The summed E-state index contributed by atoms with van der Waals surface area (Å²) in [6.45, 7) is 31.5. The van der Waals surface area contributed by atoms with Crippen LogP contribution in [0.15, 0.2) is 104 Å². The van der Waals surface area contributed by atoms with Crippen LogP contribution >= 0.6 is 11.6 Å². The van der Waals surface area contributed by atoms with Gasteiger partial charge in [0.15, 0.2) is 5.78 Å². The molecule has 0 heterocycles. The van der Waals surface area contributed by atoms with E-state index < -0.39 is 0 Å². The van der Waals surface area contributed by atoms with E-state index in [0.29, 0.717) is 29.4 Å². The highest BCUT2D eigenvalue weighted by molar-refractivity contribution is 6.31. The number of nitrogens with one attached hydrogen (secondary N) is 1. The van der Waals surface area contributed by atoms with Crippen LogP contribution in [0.2, 0.25) is 0 Å². The van der Waals surface area contributed by atoms with E-state index in [1.54, 1.807) is 7.05 Å². The third kappa shape index (κ3) is 13.6. The lowest BCUT2D eigenvalue weighted by molar-refractivity contribution is -0.121. The minimum atomic E-state index is -0.0968. The van der Waals surface area contributed by atoms with Crippen LogP contribution in [0.5, 0.6) is 0 Å². The van der Waals surface area contributed by atoms with Gasteiger partial charge < -0.3 is 10.1 Å². The Morgan fingerprint density at radius 2 is 1.84 bits per heavy atom. The molecule has 0 radical (unpaired) electrons. The lowest BCUT2D eigenvalue weighted by Crippen LogP contribution is -2.21. The maximum Gasteiger partial charge on any atom is 0.184 e. The number of aliphatic imine (C=N–C) groups is 1. The first-order valence-corrected chi connectivity index (χ1v) is 15.8. The molecule has 43 heavy (non-hydrogen) atoms. The smallest absolute Gasteiger partial charge is 0.184 e. The number of carbonyl (C=O) groups is 1. The SMILES string of the molecule is C=C(CCNCC(C)C)C/C(C(=C)C)=C(C(C)=NC)\C(=C/C(C)C1=CC(Cl)=CC=C=C1C)CC(=C)C(=O)COC(C)CC. The first-order chi connectivity index (χ1) is 20.2. The van der Waals surface area contributed by atoms with E-state index in [9.17, 15) is 4.79 Å². The minimum absolute atomic E-state index is 0.00978. The van der Waals surface area contributed by atoms with E-state index in [-0.39, 0.29) is 24.4 Å². The lowest BCUT2D eigenvalue weighted by atomic mass is 9.82. The molecule has 1 N–H and O–H groups in total. The van der Waals surface area contributed by atoms with Crippen molar-refractivity contribution in [1.82, 2.24) is 5.32 Å². The molecule has 2 unspecified atom stereocenters. The number of ether oxygens (including phenoxy) is 1. The van der Waals surface area contributed by atoms with Crippen LogP contribution in [0.25, 0.3) is 0 Å². The molecule has 0 aliphatic heterocycles. The van der Waals surface area contributed by atoms with Gasteiger partial charge in [-0.3, -0.25) is 9.79 Å². The van der Waals surface area contributed by atoms with Crippen LogP contribution in [0.4, 0.5) is 0 Å². The van der Waals surface area contributed by atoms with Gasteiger partial charge in [0.05, 0.1) is 6.10 Å². The second-order valence-electron chi connectivity index (χ2n) is 12.0. The van der Waals surface area contributed by atoms with E-state index in [1.807, 2.05) is 52.8 Å². The van der Waals surface area contributed by atoms with Crippen molar-refractivity contribution in [2.45, 2.75) is 87.2 Å². The molecule has 5 heteroatoms. The van der Waals surface area contributed by atoms with Gasteiger partial charge in [-0.2, -0.15) is 0 Å². The van der Waals surface area contributed by atoms with Crippen LogP contribution in [-0.4, -0.2) is 44.3 Å². The lowest BCUT2D eigenvalue weighted by Gasteiger charge is -2.23. The number of hydrogen-bond acceptors (Lipinski definition) is 4. The molecule has 0 spiro atoms. The van der Waals surface area contributed by atoms with Gasteiger partial charge in [-0.15, -0.1) is 5.73 Å². The molecule has 0 fully saturated rings. The zero-order chi connectivity index (χ0) is 32.7. The van der Waals surface area contributed by atoms with Crippen molar-refractivity contribution in [3.63, 3.8) is 0 Å². The van der Waals surface area contributed by atoms with Gasteiger partial charge in [-0.1, -0.05) is 76.3 Å². The van der Waals surface area contributed by atoms with Gasteiger partial charge in [0.1, 0.15) is 6.61 Å². The normalized spacial score (nSPS) is 16.1. The van der Waals surface area contributed by atoms with E-state index in [2.05, 4.69) is 62.6 Å². The van der Waals surface area contributed by atoms with Crippen molar-refractivity contribution in [3.8, 4) is 0 Å². The average molecular weight is 607 g/mol. The predicted molar refractivity (Wildman–Crippen MR) is 188 cm³/mol. The predicted octanol–water partition coefficient (Wildman–Crippen LogP) is 9.59. The zero-order valence-electron chi connectivity index (χ0n) is 28.3. The number of halogens is 1. The van der Waals surface area contributed by atoms with Crippen LogP contribution in [0.1, 0.15) is 81.1 Å². The molecule has 0 aromatic carbocycles. The number of carbonyl (C=O) groups excluding carboxylic acids is 1. The summed E-state index contributed by atoms with van der Waals surface area (Å²) in [5, 5.41) is 4.16. The minimum Gasteiger partial charge on any atom is -0.370 e. The van der Waals surface area contributed by atoms with Gasteiger partial charge in [-0.25, -0.2) is 0 Å². The maximum absolute atomic E-state index is 13.2. The molecule has 0 aromatic heterocycles. The number of Topliss-reactive ketones (excluding diaryl/α,β-unsaturated/α-hetero) is 1. The van der Waals surface area contributed by atoms with Crippen molar-refractivity contribution >= 4 is 23.1 Å². The van der Waals surface area contributed by atoms with Crippen LogP contribution in [0, 0.1) is 11.8 Å². The summed E-state index contributed by atoms with van der Waals surface area (Å²) >= 11 is 6.47. The third-order valence-electron chi connectivity index (χ3n) is 7.55. The van der Waals surface area contributed by atoms with Crippen molar-refractivity contribution in [3.05, 3.63) is 99.4 Å². The second kappa shape index (κ2) is 19.5. The molecule has 0 amide bonds. The molecular formula is C38H55ClN2O2. The summed E-state index contributed by atoms with van der Waals surface area (Å²) in [5.74, 6) is 0.475. The Balaban J connectivity index is 3.69. The Bertz CT molecular complexity index is 1260. The van der Waals surface area contributed by atoms with Crippen LogP contribution in [0.3, 0.4) is 0 Å². The highest BCUT2D eigenvalue weighted by Gasteiger charge is 2.22. The monoisotopic (exact) mass is 606 g/mol. The Hall–Kier alpha value is -2.75. The fourth-order valence-electron chi connectivity index (χ4n) is 4.70. The summed E-state index contributed by atoms with van der Waals surface area (Å²) in [6.07, 6.45) is 10.6. The Labute approximate surface area is 267 Å². The first kappa shape index (κ1) is 38.3. The van der Waals surface area contributed by atoms with Crippen molar-refractivity contribution < 1.29 is 9.53 Å². The quantitative estimate of drug-likeness (QED) is 0.0398. The molecule has 4 nitrogen and oxygen atoms in total. The molecule has 0 bridgehead atoms. The summed E-state index contributed by atoms with van der Waals surface area (Å²) in [6, 6.07) is 0. The van der Waals surface area contributed by atoms with Gasteiger partial charge >= 0.3 is 0 Å². The van der Waals surface area contributed by atoms with E-state index in [0.717, 1.165) is 70.7 Å². The fourth-order valence-corrected chi connectivity index (χ4v) is 4.88. The highest BCUT2D eigenvalue weighted by atomic mass is 35.5. The van der Waals surface area contributed by atoms with E-state index in [1.165, 1.54) is 0 Å². The number of hydrogen-bond donors (Lipinski definition) is 1. The second-order valence-corrected chi connectivity index (χ2v) is 12.5. The molecule has 236 valence electrons. The standard InChI is InChI=1S/C38H55ClN2O2/c1-13-31(10)43-24-37(42)30(9)21-33(20-29(8)36-22-34(39)16-14-15-28(36)7)38(32(11)40-12)35(26(4)5)19-27(6)17-18-41-23-25(2)3/h14,16,20,22,25,29,31,41H,4,6,9,13,17-19,21,23-24H2,1-3,5,7-8,10-12H3/b33-20-,38-35+,40-32?. The summed E-state index contributed by atoms with van der Waals surface area (Å²) in [5.41, 5.74) is 11.9. The third-order valence-corrected chi connectivity index (χ3v) is 7.79. The van der Waals surface area contributed by atoms with E-state index >= 15 is 0 Å². The highest BCUT2D eigenvalue weighted by Crippen LogP contribution is 2.34. The summed E-state index contributed by atoms with van der Waals surface area (Å²) < 4.78 is 5.76. The Morgan fingerprint density at radius 3 is 2.42 bits per heavy atom. The van der Waals surface area contributed by atoms with Crippen molar-refractivity contribution in [2.75, 3.05) is 26.7 Å². The number of allylic oxidation sites excluding steroid dienone is 10. The fraction of sp³-hybridized carbons (Fsp3) is 0.500. The van der Waals surface area contributed by atoms with Gasteiger partial charge in [0.2, 0.25) is 0 Å². The van der Waals surface area contributed by atoms with Gasteiger partial charge in [-0.05, 0) is 112 Å². The molecule has 0 saturated heterocycles. The Morgan fingerprint density at radius 1 is 1.16 bits per heavy atom. The summed E-state index contributed by atoms with van der Waals surface area (Å²) in [7, 11) is 1.80. The van der Waals surface area contributed by atoms with E-state index in [4.69, 9.17) is 16.3 Å². The molecular weight excluding hydrogens is 552 g/mol. The van der Waals surface area contributed by atoms with Gasteiger partial charge in [0, 0.05) is 35.7 Å². The van der Waals surface area contributed by atoms with Gasteiger partial charge in [0.25, 0.3) is 0 Å². The number of nitrogens with zero attached hydrogens (tertiary/aromatic N) is 1. The van der Waals surface area contributed by atoms with Crippen LogP contribution < -0.4 is 5.32 Å². The molecule has 1 aliphatic carbocycles.